The number of nitrogens with zero attached hydrogens (tertiary/aromatic N) is 1. The summed E-state index contributed by atoms with van der Waals surface area (Å²) < 4.78 is 14.4. The molecule has 0 unspecified atom stereocenters. The number of aromatic hydroxyl groups is 1. The van der Waals surface area contributed by atoms with Crippen molar-refractivity contribution in [2.75, 3.05) is 10.2 Å². The molecule has 1 spiro atoms. The van der Waals surface area contributed by atoms with Crippen molar-refractivity contribution in [2.45, 2.75) is 24.9 Å². The molecule has 8 heteroatoms. The molecule has 176 valence electrons. The van der Waals surface area contributed by atoms with Gasteiger partial charge in [0.25, 0.3) is 0 Å². The zero-order valence-corrected chi connectivity index (χ0v) is 18.8. The molecule has 35 heavy (non-hydrogen) atoms. The van der Waals surface area contributed by atoms with Crippen LogP contribution in [0.15, 0.2) is 66.7 Å². The van der Waals surface area contributed by atoms with Gasteiger partial charge in [0.15, 0.2) is 0 Å². The van der Waals surface area contributed by atoms with Gasteiger partial charge in [0.05, 0.1) is 17.5 Å². The van der Waals surface area contributed by atoms with E-state index in [2.05, 4.69) is 10.6 Å². The molecule has 0 aromatic heterocycles. The van der Waals surface area contributed by atoms with E-state index in [0.29, 0.717) is 23.4 Å². The molecule has 6 rings (SSSR count). The fourth-order valence-electron chi connectivity index (χ4n) is 5.78. The number of benzene rings is 3. The molecule has 2 saturated heterocycles. The van der Waals surface area contributed by atoms with Gasteiger partial charge in [-0.3, -0.25) is 19.7 Å². The lowest BCUT2D eigenvalue weighted by molar-refractivity contribution is -0.130. The largest absolute Gasteiger partial charge is 0.508 e. The first-order chi connectivity index (χ1) is 16.8. The summed E-state index contributed by atoms with van der Waals surface area (Å²) in [6.07, 6.45) is 0.335. The molecule has 0 saturated carbocycles. The Balaban J connectivity index is 1.49. The number of carbonyl (C=O) groups excluding carboxylic acids is 3. The van der Waals surface area contributed by atoms with E-state index in [9.17, 15) is 23.9 Å². The second-order valence-electron chi connectivity index (χ2n) is 9.42. The summed E-state index contributed by atoms with van der Waals surface area (Å²) in [5.74, 6) is -3.66. The highest BCUT2D eigenvalue weighted by Gasteiger charge is 2.70. The Kier molecular flexibility index (Phi) is 4.59. The number of imide groups is 1. The molecule has 3 N–H and O–H groups in total. The van der Waals surface area contributed by atoms with Crippen LogP contribution < -0.4 is 15.5 Å². The molecule has 3 heterocycles. The number of carbonyl (C=O) groups is 3. The van der Waals surface area contributed by atoms with Crippen molar-refractivity contribution in [1.82, 2.24) is 5.32 Å². The quantitative estimate of drug-likeness (QED) is 0.510. The third-order valence-electron chi connectivity index (χ3n) is 7.36. The predicted molar refractivity (Wildman–Crippen MR) is 126 cm³/mol. The zero-order chi connectivity index (χ0) is 24.5. The highest BCUT2D eigenvalue weighted by Crippen LogP contribution is 2.54. The van der Waals surface area contributed by atoms with Crippen molar-refractivity contribution in [3.63, 3.8) is 0 Å². The van der Waals surface area contributed by atoms with Crippen LogP contribution in [0.25, 0.3) is 0 Å². The van der Waals surface area contributed by atoms with Crippen molar-refractivity contribution >= 4 is 29.1 Å². The first kappa shape index (κ1) is 21.5. The summed E-state index contributed by atoms with van der Waals surface area (Å²) >= 11 is 0. The van der Waals surface area contributed by atoms with Gasteiger partial charge in [-0.25, -0.2) is 9.29 Å². The molecule has 3 amide bonds. The van der Waals surface area contributed by atoms with Crippen LogP contribution >= 0.6 is 0 Å². The van der Waals surface area contributed by atoms with Crippen LogP contribution in [-0.2, 0) is 26.3 Å². The molecule has 0 aliphatic carbocycles. The van der Waals surface area contributed by atoms with E-state index in [0.717, 1.165) is 16.0 Å². The molecular formula is C27H22FN3O4. The number of phenols is 1. The minimum absolute atomic E-state index is 0.111. The van der Waals surface area contributed by atoms with Gasteiger partial charge in [-0.05, 0) is 61.4 Å². The molecule has 3 aliphatic rings. The Hall–Kier alpha value is -4.04. The molecule has 0 radical (unpaired) electrons. The van der Waals surface area contributed by atoms with E-state index < -0.39 is 47.0 Å². The van der Waals surface area contributed by atoms with Crippen LogP contribution in [0.2, 0.25) is 0 Å². The highest BCUT2D eigenvalue weighted by molar-refractivity contribution is 6.25. The van der Waals surface area contributed by atoms with Gasteiger partial charge in [0.2, 0.25) is 17.7 Å². The van der Waals surface area contributed by atoms with Crippen LogP contribution in [0.3, 0.4) is 0 Å². The van der Waals surface area contributed by atoms with Gasteiger partial charge in [-0.1, -0.05) is 29.8 Å². The number of nitrogens with one attached hydrogen (secondary N) is 2. The third-order valence-corrected chi connectivity index (χ3v) is 7.36. The molecule has 4 atom stereocenters. The van der Waals surface area contributed by atoms with Gasteiger partial charge < -0.3 is 10.4 Å². The van der Waals surface area contributed by atoms with Crippen molar-refractivity contribution in [2.24, 2.45) is 11.8 Å². The number of amides is 3. The zero-order valence-electron chi connectivity index (χ0n) is 18.8. The maximum absolute atomic E-state index is 14.4. The average molecular weight is 471 g/mol. The van der Waals surface area contributed by atoms with Crippen molar-refractivity contribution in [3.8, 4) is 5.75 Å². The molecule has 3 aromatic carbocycles. The summed E-state index contributed by atoms with van der Waals surface area (Å²) in [7, 11) is 0. The molecule has 2 fully saturated rings. The Bertz CT molecular complexity index is 1390. The van der Waals surface area contributed by atoms with E-state index in [-0.39, 0.29) is 5.75 Å². The smallest absolute Gasteiger partial charge is 0.250 e. The molecule has 7 nitrogen and oxygen atoms in total. The minimum Gasteiger partial charge on any atom is -0.508 e. The van der Waals surface area contributed by atoms with Crippen LogP contribution in [-0.4, -0.2) is 28.9 Å². The number of halogens is 1. The number of hydrogen-bond acceptors (Lipinski definition) is 5. The summed E-state index contributed by atoms with van der Waals surface area (Å²) in [6.45, 7) is 1.91. The summed E-state index contributed by atoms with van der Waals surface area (Å²) in [6, 6.07) is 17.0. The van der Waals surface area contributed by atoms with Gasteiger partial charge in [0, 0.05) is 17.3 Å². The first-order valence-electron chi connectivity index (χ1n) is 11.4. The highest BCUT2D eigenvalue weighted by atomic mass is 19.1. The summed E-state index contributed by atoms with van der Waals surface area (Å²) in [5.41, 5.74) is 1.42. The number of anilines is 2. The topological polar surface area (TPSA) is 98.7 Å². The summed E-state index contributed by atoms with van der Waals surface area (Å²) in [5, 5.41) is 15.7. The standard InChI is InChI=1S/C27H22FN3O4/c1-14-2-7-17(8-3-14)31-24(33)22-21(12-15-4-9-18(32)10-5-15)30-27(23(22)25(31)34)19-13-16(28)6-11-20(19)29-26(27)35/h2-11,13,21-23,30,32H,12H2,1H3,(H,29,35)/t21-,22-,23+,27-/m1/s1. The Morgan fingerprint density at radius 2 is 1.69 bits per heavy atom. The van der Waals surface area contributed by atoms with Crippen LogP contribution in [0.5, 0.6) is 5.75 Å². The van der Waals surface area contributed by atoms with Crippen molar-refractivity contribution in [3.05, 3.63) is 89.2 Å². The average Bonchev–Trinajstić information content (AvgIpc) is 3.41. The lowest BCUT2D eigenvalue weighted by Crippen LogP contribution is -2.53. The maximum atomic E-state index is 14.4. The second-order valence-corrected chi connectivity index (χ2v) is 9.42. The van der Waals surface area contributed by atoms with Crippen LogP contribution in [0.4, 0.5) is 15.8 Å². The predicted octanol–water partition coefficient (Wildman–Crippen LogP) is 3.01. The number of fused-ring (bicyclic) bond motifs is 4. The van der Waals surface area contributed by atoms with Crippen molar-refractivity contribution in [1.29, 1.82) is 0 Å². The minimum atomic E-state index is -1.57. The molecular weight excluding hydrogens is 449 g/mol. The molecule has 3 aliphatic heterocycles. The fourth-order valence-corrected chi connectivity index (χ4v) is 5.78. The van der Waals surface area contributed by atoms with Crippen molar-refractivity contribution < 1.29 is 23.9 Å². The number of phenolic OH excluding ortho intramolecular Hbond substituents is 1. The van der Waals surface area contributed by atoms with E-state index in [4.69, 9.17) is 0 Å². The number of rotatable bonds is 3. The van der Waals surface area contributed by atoms with E-state index in [1.54, 1.807) is 36.4 Å². The van der Waals surface area contributed by atoms with Gasteiger partial charge in [-0.2, -0.15) is 0 Å². The van der Waals surface area contributed by atoms with Gasteiger partial charge >= 0.3 is 0 Å². The van der Waals surface area contributed by atoms with E-state index in [1.807, 2.05) is 19.1 Å². The fraction of sp³-hybridized carbons (Fsp3) is 0.222. The Morgan fingerprint density at radius 1 is 0.971 bits per heavy atom. The third kappa shape index (κ3) is 3.03. The lowest BCUT2D eigenvalue weighted by atomic mass is 9.76. The van der Waals surface area contributed by atoms with Crippen LogP contribution in [0, 0.1) is 24.6 Å². The van der Waals surface area contributed by atoms with Crippen LogP contribution in [0.1, 0.15) is 16.7 Å². The normalized spacial score (nSPS) is 26.9. The van der Waals surface area contributed by atoms with E-state index in [1.165, 1.54) is 18.2 Å². The number of aryl methyl sites for hydroxylation is 1. The lowest BCUT2D eigenvalue weighted by Gasteiger charge is -2.29. The van der Waals surface area contributed by atoms with E-state index >= 15 is 0 Å². The molecule has 3 aromatic rings. The maximum Gasteiger partial charge on any atom is 0.250 e. The second kappa shape index (κ2) is 7.48. The SMILES string of the molecule is Cc1ccc(N2C(=O)[C@H]3[C@@H](C2=O)[C@@]2(N[C@@H]3Cc3ccc(O)cc3)C(=O)Nc3ccc(F)cc32)cc1. The molecule has 0 bridgehead atoms. The monoisotopic (exact) mass is 471 g/mol. The Labute approximate surface area is 200 Å². The van der Waals surface area contributed by atoms with Gasteiger partial charge in [-0.15, -0.1) is 0 Å². The number of hydrogen-bond donors (Lipinski definition) is 3. The Morgan fingerprint density at radius 3 is 2.40 bits per heavy atom. The summed E-state index contributed by atoms with van der Waals surface area (Å²) in [4.78, 5) is 42.3. The van der Waals surface area contributed by atoms with Gasteiger partial charge in [0.1, 0.15) is 17.1 Å². The first-order valence-corrected chi connectivity index (χ1v) is 11.4.